The highest BCUT2D eigenvalue weighted by atomic mass is 35.5. The van der Waals surface area contributed by atoms with E-state index in [1.807, 2.05) is 23.1 Å². The SMILES string of the molecule is CC(C)(C)C[C@@H]1N[C@@H](C(=O)NC23CCC(C(=O)N4CCC[C@H](c5ccc6c(c5)CN(C5CCC(=O)NC5=O)C6=O)C4)(CC2)CC3)[C@H](c2cccc(Cl)c2F)[C@]12CNc1cc(C(F)(F)F)ncc12. The first-order chi connectivity index (χ1) is 31.7. The number of amides is 5. The molecule has 2 aromatic carbocycles. The number of imide groups is 1. The number of alkyl halides is 3. The van der Waals surface area contributed by atoms with Crippen LogP contribution in [0.5, 0.6) is 0 Å². The van der Waals surface area contributed by atoms with Gasteiger partial charge < -0.3 is 25.8 Å². The van der Waals surface area contributed by atoms with Gasteiger partial charge in [-0.1, -0.05) is 56.6 Å². The lowest BCUT2D eigenvalue weighted by Crippen LogP contribution is -2.62. The van der Waals surface area contributed by atoms with Gasteiger partial charge in [-0.25, -0.2) is 4.39 Å². The second-order valence-electron chi connectivity index (χ2n) is 21.5. The van der Waals surface area contributed by atoms with Gasteiger partial charge in [0.25, 0.3) is 5.91 Å². The van der Waals surface area contributed by atoms with E-state index >= 15 is 9.18 Å². The Morgan fingerprint density at radius 1 is 0.985 bits per heavy atom. The summed E-state index contributed by atoms with van der Waals surface area (Å²) in [5.41, 5.74) is -0.220. The minimum absolute atomic E-state index is 0.0656. The first-order valence-corrected chi connectivity index (χ1v) is 24.0. The Balaban J connectivity index is 0.858. The Bertz CT molecular complexity index is 2560. The van der Waals surface area contributed by atoms with Crippen LogP contribution in [-0.2, 0) is 37.3 Å². The summed E-state index contributed by atoms with van der Waals surface area (Å²) < 4.78 is 58.2. The zero-order valence-corrected chi connectivity index (χ0v) is 38.6. The van der Waals surface area contributed by atoms with Crippen molar-refractivity contribution in [2.45, 2.75) is 145 Å². The lowest BCUT2D eigenvalue weighted by Gasteiger charge is -2.54. The Kier molecular flexibility index (Phi) is 11.1. The highest BCUT2D eigenvalue weighted by molar-refractivity contribution is 6.30. The first-order valence-electron chi connectivity index (χ1n) is 23.6. The van der Waals surface area contributed by atoms with Gasteiger partial charge in [0.2, 0.25) is 23.6 Å². The monoisotopic (exact) mass is 945 g/mol. The third-order valence-corrected chi connectivity index (χ3v) is 16.7. The Morgan fingerprint density at radius 2 is 1.73 bits per heavy atom. The Morgan fingerprint density at radius 3 is 2.43 bits per heavy atom. The third kappa shape index (κ3) is 7.77. The van der Waals surface area contributed by atoms with E-state index in [2.05, 4.69) is 47.0 Å². The summed E-state index contributed by atoms with van der Waals surface area (Å²) in [4.78, 5) is 74.8. The summed E-state index contributed by atoms with van der Waals surface area (Å²) in [6.45, 7) is 7.77. The first kappa shape index (κ1) is 45.7. The lowest BCUT2D eigenvalue weighted by molar-refractivity contribution is -0.152. The smallest absolute Gasteiger partial charge is 0.384 e. The van der Waals surface area contributed by atoms with Crippen LogP contribution in [0.2, 0.25) is 5.02 Å². The van der Waals surface area contributed by atoms with Crippen LogP contribution in [0.3, 0.4) is 0 Å². The average molecular weight is 946 g/mol. The quantitative estimate of drug-likeness (QED) is 0.141. The number of likely N-dealkylation sites (tertiary alicyclic amines) is 1. The molecule has 6 fully saturated rings. The third-order valence-electron chi connectivity index (χ3n) is 16.4. The van der Waals surface area contributed by atoms with E-state index in [1.165, 1.54) is 12.3 Å². The van der Waals surface area contributed by atoms with Crippen LogP contribution in [-0.4, -0.2) is 87.6 Å². The number of nitrogens with zero attached hydrogens (tertiary/aromatic N) is 3. The maximum absolute atomic E-state index is 16.4. The van der Waals surface area contributed by atoms with Crippen LogP contribution < -0.4 is 21.3 Å². The predicted octanol–water partition coefficient (Wildman–Crippen LogP) is 7.49. The molecule has 1 spiro atoms. The number of piperidine rings is 2. The van der Waals surface area contributed by atoms with Crippen molar-refractivity contribution < 1.29 is 41.5 Å². The van der Waals surface area contributed by atoms with Crippen LogP contribution in [0, 0.1) is 16.6 Å². The molecule has 356 valence electrons. The summed E-state index contributed by atoms with van der Waals surface area (Å²) in [6.07, 6.45) is 2.78. The normalized spacial score (nSPS) is 31.5. The molecule has 67 heavy (non-hydrogen) atoms. The van der Waals surface area contributed by atoms with E-state index in [9.17, 15) is 32.3 Å². The van der Waals surface area contributed by atoms with Gasteiger partial charge in [-0.15, -0.1) is 0 Å². The summed E-state index contributed by atoms with van der Waals surface area (Å²) in [6, 6.07) is 9.33. The molecule has 4 N–H and O–H groups in total. The van der Waals surface area contributed by atoms with Crippen molar-refractivity contribution in [3.63, 3.8) is 0 Å². The van der Waals surface area contributed by atoms with Gasteiger partial charge in [0, 0.05) is 89.9 Å². The van der Waals surface area contributed by atoms with E-state index in [4.69, 9.17) is 11.6 Å². The fourth-order valence-corrected chi connectivity index (χ4v) is 13.2. The van der Waals surface area contributed by atoms with E-state index in [0.29, 0.717) is 75.6 Å². The van der Waals surface area contributed by atoms with Gasteiger partial charge in [-0.2, -0.15) is 13.2 Å². The van der Waals surface area contributed by atoms with Gasteiger partial charge >= 0.3 is 6.18 Å². The summed E-state index contributed by atoms with van der Waals surface area (Å²) in [5.74, 6) is -2.70. The number of hydrogen-bond acceptors (Lipinski definition) is 8. The van der Waals surface area contributed by atoms with Crippen LogP contribution >= 0.6 is 11.6 Å². The minimum atomic E-state index is -4.68. The number of carbonyl (C=O) groups excluding carboxylic acids is 5. The molecule has 17 heteroatoms. The molecule has 6 atom stereocenters. The Hall–Kier alpha value is -5.09. The number of pyridine rings is 1. The maximum Gasteiger partial charge on any atom is 0.433 e. The molecule has 3 aromatic rings. The number of benzene rings is 2. The zero-order valence-electron chi connectivity index (χ0n) is 37.9. The van der Waals surface area contributed by atoms with E-state index in [1.54, 1.807) is 17.0 Å². The molecule has 11 rings (SSSR count). The van der Waals surface area contributed by atoms with Crippen molar-refractivity contribution in [2.75, 3.05) is 25.0 Å². The molecule has 8 aliphatic rings. The fraction of sp³-hybridized carbons (Fsp3) is 0.560. The number of hydrogen-bond donors (Lipinski definition) is 4. The van der Waals surface area contributed by atoms with Crippen molar-refractivity contribution in [3.05, 3.63) is 93.0 Å². The predicted molar refractivity (Wildman–Crippen MR) is 240 cm³/mol. The molecule has 1 unspecified atom stereocenters. The molecule has 2 bridgehead atoms. The van der Waals surface area contributed by atoms with Crippen molar-refractivity contribution in [3.8, 4) is 0 Å². The second-order valence-corrected chi connectivity index (χ2v) is 22.0. The standard InChI is InChI=1S/C50H56ClF4N7O5/c1-46(2,3)22-37-49(26-57-34-21-36(50(53,54)55)56-23-32(34)49)39(31-7-4-8-33(51)40(31)52)41(58-37)43(65)60-48-16-13-47(14-17-48,15-18-48)45(67)61-19-5-6-28(24-61)27-9-10-30-29(20-27)25-62(44(30)66)35-11-12-38(63)59-42(35)64/h4,7-10,20-21,23,28,35,37,39,41,57-58H,5-6,11-19,22,24-26H2,1-3H3,(H,60,65)(H,59,63,64)/t28-,35?,37-,39-,41+,47?,48?,49-/m0/s1. The minimum Gasteiger partial charge on any atom is -0.384 e. The second kappa shape index (κ2) is 16.3. The number of carbonyl (C=O) groups is 5. The molecule has 6 heterocycles. The summed E-state index contributed by atoms with van der Waals surface area (Å²) in [7, 11) is 0. The number of aromatic nitrogens is 1. The molecule has 12 nitrogen and oxygen atoms in total. The average Bonchev–Trinajstić information content (AvgIpc) is 3.94. The van der Waals surface area contributed by atoms with Crippen LogP contribution in [0.15, 0.2) is 48.7 Å². The van der Waals surface area contributed by atoms with Crippen LogP contribution in [0.1, 0.15) is 142 Å². The number of fused-ring (bicyclic) bond motifs is 6. The molecular weight excluding hydrogens is 890 g/mol. The lowest BCUT2D eigenvalue weighted by atomic mass is 9.56. The van der Waals surface area contributed by atoms with E-state index < -0.39 is 64.0 Å². The molecule has 0 radical (unpaired) electrons. The molecule has 5 aliphatic heterocycles. The molecule has 3 saturated heterocycles. The number of anilines is 1. The number of nitrogens with one attached hydrogen (secondary N) is 4. The molecule has 5 amide bonds. The Labute approximate surface area is 391 Å². The van der Waals surface area contributed by atoms with Crippen molar-refractivity contribution in [2.24, 2.45) is 10.8 Å². The topological polar surface area (TPSA) is 153 Å². The molecule has 3 saturated carbocycles. The molecule has 1 aromatic heterocycles. The highest BCUT2D eigenvalue weighted by Crippen LogP contribution is 2.58. The van der Waals surface area contributed by atoms with Crippen molar-refractivity contribution in [1.82, 2.24) is 30.7 Å². The van der Waals surface area contributed by atoms with Crippen LogP contribution in [0.4, 0.5) is 23.2 Å². The van der Waals surface area contributed by atoms with Crippen LogP contribution in [0.25, 0.3) is 0 Å². The van der Waals surface area contributed by atoms with Gasteiger partial charge in [-0.3, -0.25) is 34.3 Å². The highest BCUT2D eigenvalue weighted by Gasteiger charge is 2.63. The number of rotatable bonds is 7. The van der Waals surface area contributed by atoms with Crippen molar-refractivity contribution >= 4 is 46.8 Å². The summed E-state index contributed by atoms with van der Waals surface area (Å²) >= 11 is 6.42. The fourth-order valence-electron chi connectivity index (χ4n) is 13.0. The molecule has 3 aliphatic carbocycles. The van der Waals surface area contributed by atoms with Gasteiger partial charge in [0.15, 0.2) is 0 Å². The zero-order chi connectivity index (χ0) is 47.4. The van der Waals surface area contributed by atoms with Gasteiger partial charge in [0.1, 0.15) is 17.6 Å². The van der Waals surface area contributed by atoms with E-state index in [-0.39, 0.29) is 70.7 Å². The molecular formula is C50H56ClF4N7O5. The van der Waals surface area contributed by atoms with E-state index in [0.717, 1.165) is 30.0 Å². The number of halogens is 5. The maximum atomic E-state index is 16.4. The summed E-state index contributed by atoms with van der Waals surface area (Å²) in [5, 5.41) is 12.5. The van der Waals surface area contributed by atoms with Gasteiger partial charge in [-0.05, 0) is 105 Å². The largest absolute Gasteiger partial charge is 0.433 e. The van der Waals surface area contributed by atoms with Crippen molar-refractivity contribution in [1.29, 1.82) is 0 Å². The van der Waals surface area contributed by atoms with Gasteiger partial charge in [0.05, 0.1) is 11.1 Å².